The third kappa shape index (κ3) is 4.99. The Hall–Kier alpha value is -2.05. The summed E-state index contributed by atoms with van der Waals surface area (Å²) in [5.74, 6) is 2.59. The van der Waals surface area contributed by atoms with Gasteiger partial charge in [0.1, 0.15) is 18.0 Å². The minimum Gasteiger partial charge on any atom is -0.447 e. The summed E-state index contributed by atoms with van der Waals surface area (Å²) in [5.41, 5.74) is 0. The largest absolute Gasteiger partial charge is 0.447 e. The summed E-state index contributed by atoms with van der Waals surface area (Å²) >= 11 is 0. The van der Waals surface area contributed by atoms with E-state index in [4.69, 9.17) is 4.74 Å². The van der Waals surface area contributed by atoms with Crippen LogP contribution in [0.15, 0.2) is 12.4 Å². The van der Waals surface area contributed by atoms with Crippen LogP contribution in [0.5, 0.6) is 0 Å². The second kappa shape index (κ2) is 8.56. The van der Waals surface area contributed by atoms with E-state index in [1.54, 1.807) is 11.2 Å². The zero-order valence-corrected chi connectivity index (χ0v) is 16.1. The molecule has 1 amide bonds. The van der Waals surface area contributed by atoms with Crippen LogP contribution in [0.25, 0.3) is 0 Å². The van der Waals surface area contributed by atoms with Gasteiger partial charge >= 0.3 is 6.09 Å². The van der Waals surface area contributed by atoms with E-state index in [1.165, 1.54) is 12.8 Å². The molecule has 0 radical (unpaired) electrons. The summed E-state index contributed by atoms with van der Waals surface area (Å²) in [6.07, 6.45) is 5.67. The van der Waals surface area contributed by atoms with Crippen LogP contribution in [0.4, 0.5) is 16.4 Å². The summed E-state index contributed by atoms with van der Waals surface area (Å²) in [7, 11) is 0. The fourth-order valence-corrected chi connectivity index (χ4v) is 3.69. The van der Waals surface area contributed by atoms with Gasteiger partial charge in [0.25, 0.3) is 0 Å². The van der Waals surface area contributed by atoms with E-state index in [0.717, 1.165) is 37.6 Å². The smallest absolute Gasteiger partial charge is 0.410 e. The highest BCUT2D eigenvalue weighted by atomic mass is 16.6. The van der Waals surface area contributed by atoms with Crippen molar-refractivity contribution in [3.05, 3.63) is 12.4 Å². The van der Waals surface area contributed by atoms with Gasteiger partial charge in [-0.3, -0.25) is 0 Å². The minimum absolute atomic E-state index is 0.0738. The first-order valence-corrected chi connectivity index (χ1v) is 9.80. The van der Waals surface area contributed by atoms with Gasteiger partial charge in [0.05, 0.1) is 6.10 Å². The molecule has 2 fully saturated rings. The van der Waals surface area contributed by atoms with Crippen LogP contribution >= 0.6 is 0 Å². The van der Waals surface area contributed by atoms with Crippen LogP contribution in [0, 0.1) is 5.92 Å². The summed E-state index contributed by atoms with van der Waals surface area (Å²) in [6, 6.07) is 2.37. The Morgan fingerprint density at radius 2 is 2.00 bits per heavy atom. The van der Waals surface area contributed by atoms with Crippen molar-refractivity contribution >= 4 is 17.7 Å². The molecule has 0 bridgehead atoms. The molecule has 1 atom stereocenters. The molecule has 2 aliphatic heterocycles. The predicted molar refractivity (Wildman–Crippen MR) is 102 cm³/mol. The second-order valence-corrected chi connectivity index (χ2v) is 7.79. The molecule has 3 rings (SSSR count). The fraction of sp³-hybridized carbons (Fsp3) is 0.737. The zero-order chi connectivity index (χ0) is 18.5. The van der Waals surface area contributed by atoms with Crippen molar-refractivity contribution in [2.24, 2.45) is 5.92 Å². The Labute approximate surface area is 156 Å². The molecule has 144 valence electrons. The average molecular weight is 361 g/mol. The maximum atomic E-state index is 12.0. The van der Waals surface area contributed by atoms with E-state index >= 15 is 0 Å². The number of rotatable bonds is 4. The van der Waals surface area contributed by atoms with Gasteiger partial charge < -0.3 is 19.9 Å². The summed E-state index contributed by atoms with van der Waals surface area (Å²) in [5, 5.41) is 3.52. The molecule has 7 nitrogen and oxygen atoms in total. The van der Waals surface area contributed by atoms with E-state index in [9.17, 15) is 4.79 Å². The van der Waals surface area contributed by atoms with Crippen molar-refractivity contribution in [1.29, 1.82) is 0 Å². The normalized spacial score (nSPS) is 21.8. The van der Waals surface area contributed by atoms with Gasteiger partial charge in [-0.05, 0) is 45.4 Å². The Bertz CT molecular complexity index is 601. The van der Waals surface area contributed by atoms with Crippen molar-refractivity contribution in [1.82, 2.24) is 14.9 Å². The lowest BCUT2D eigenvalue weighted by Gasteiger charge is -2.33. The molecule has 0 spiro atoms. The fourth-order valence-electron chi connectivity index (χ4n) is 3.69. The van der Waals surface area contributed by atoms with Crippen LogP contribution in [-0.2, 0) is 4.74 Å². The molecule has 3 heterocycles. The Morgan fingerprint density at radius 1 is 1.23 bits per heavy atom. The molecule has 1 N–H and O–H groups in total. The monoisotopic (exact) mass is 361 g/mol. The van der Waals surface area contributed by atoms with Gasteiger partial charge in [-0.15, -0.1) is 0 Å². The summed E-state index contributed by atoms with van der Waals surface area (Å²) < 4.78 is 5.28. The van der Waals surface area contributed by atoms with Crippen LogP contribution in [0.2, 0.25) is 0 Å². The van der Waals surface area contributed by atoms with E-state index in [1.807, 2.05) is 13.8 Å². The van der Waals surface area contributed by atoms with E-state index in [-0.39, 0.29) is 12.2 Å². The first-order valence-electron chi connectivity index (χ1n) is 9.80. The molecular weight excluding hydrogens is 330 g/mol. The number of carbonyl (C=O) groups is 1. The molecular formula is C19H31N5O2. The average Bonchev–Trinajstić information content (AvgIpc) is 2.62. The highest BCUT2D eigenvalue weighted by Gasteiger charge is 2.25. The number of likely N-dealkylation sites (tertiary alicyclic amines) is 1. The molecule has 26 heavy (non-hydrogen) atoms. The maximum Gasteiger partial charge on any atom is 0.410 e. The number of nitrogens with one attached hydrogen (secondary N) is 1. The highest BCUT2D eigenvalue weighted by Crippen LogP contribution is 2.23. The molecule has 1 aromatic heterocycles. The van der Waals surface area contributed by atoms with Crippen LogP contribution < -0.4 is 10.2 Å². The van der Waals surface area contributed by atoms with Crippen molar-refractivity contribution in [2.75, 3.05) is 36.4 Å². The van der Waals surface area contributed by atoms with Crippen molar-refractivity contribution in [3.8, 4) is 0 Å². The summed E-state index contributed by atoms with van der Waals surface area (Å²) in [6.45, 7) is 9.61. The number of hydrogen-bond donors (Lipinski definition) is 1. The van der Waals surface area contributed by atoms with Crippen LogP contribution in [0.1, 0.15) is 46.5 Å². The third-order valence-electron chi connectivity index (χ3n) is 5.08. The lowest BCUT2D eigenvalue weighted by atomic mass is 10.0. The predicted octanol–water partition coefficient (Wildman–Crippen LogP) is 3.13. The molecule has 1 aromatic rings. The number of nitrogens with zero attached hydrogens (tertiary/aromatic N) is 4. The third-order valence-corrected chi connectivity index (χ3v) is 5.08. The number of aromatic nitrogens is 2. The standard InChI is InChI=1S/C19H31N5O2/c1-14(2)26-19(25)23-9-6-16(7-10-23)22-17-11-18(21-13-20-17)24-8-4-5-15(3)12-24/h11,13-16H,4-10,12H2,1-3H3,(H,20,21,22). The van der Waals surface area contributed by atoms with Crippen molar-refractivity contribution < 1.29 is 9.53 Å². The van der Waals surface area contributed by atoms with E-state index in [0.29, 0.717) is 25.0 Å². The van der Waals surface area contributed by atoms with Gasteiger partial charge in [-0.2, -0.15) is 0 Å². The number of hydrogen-bond acceptors (Lipinski definition) is 6. The molecule has 7 heteroatoms. The molecule has 2 aliphatic rings. The van der Waals surface area contributed by atoms with Crippen molar-refractivity contribution in [2.45, 2.75) is 58.6 Å². The second-order valence-electron chi connectivity index (χ2n) is 7.79. The lowest BCUT2D eigenvalue weighted by Crippen LogP contribution is -2.43. The number of piperidine rings is 2. The number of anilines is 2. The zero-order valence-electron chi connectivity index (χ0n) is 16.1. The highest BCUT2D eigenvalue weighted by molar-refractivity contribution is 5.68. The quantitative estimate of drug-likeness (QED) is 0.888. The van der Waals surface area contributed by atoms with Gasteiger partial charge in [0.2, 0.25) is 0 Å². The Kier molecular flexibility index (Phi) is 6.16. The molecule has 1 unspecified atom stereocenters. The maximum absolute atomic E-state index is 12.0. The van der Waals surface area contributed by atoms with Gasteiger partial charge in [-0.1, -0.05) is 6.92 Å². The van der Waals surface area contributed by atoms with Gasteiger partial charge in [0, 0.05) is 38.3 Å². The van der Waals surface area contributed by atoms with Crippen LogP contribution in [0.3, 0.4) is 0 Å². The first-order chi connectivity index (χ1) is 12.5. The topological polar surface area (TPSA) is 70.6 Å². The minimum atomic E-state index is -0.206. The molecule has 0 aromatic carbocycles. The molecule has 2 saturated heterocycles. The van der Waals surface area contributed by atoms with Gasteiger partial charge in [0.15, 0.2) is 0 Å². The number of ether oxygens (including phenoxy) is 1. The Balaban J connectivity index is 1.52. The lowest BCUT2D eigenvalue weighted by molar-refractivity contribution is 0.0701. The van der Waals surface area contributed by atoms with Crippen LogP contribution in [-0.4, -0.2) is 59.3 Å². The Morgan fingerprint density at radius 3 is 2.69 bits per heavy atom. The number of amides is 1. The van der Waals surface area contributed by atoms with Gasteiger partial charge in [-0.25, -0.2) is 14.8 Å². The summed E-state index contributed by atoms with van der Waals surface area (Å²) in [4.78, 5) is 25.0. The first kappa shape index (κ1) is 18.7. The SMILES string of the molecule is CC1CCCN(c2cc(NC3CCN(C(=O)OC(C)C)CC3)ncn2)C1. The van der Waals surface area contributed by atoms with Crippen molar-refractivity contribution in [3.63, 3.8) is 0 Å². The number of carbonyl (C=O) groups excluding carboxylic acids is 1. The van der Waals surface area contributed by atoms with E-state index < -0.39 is 0 Å². The molecule has 0 aliphatic carbocycles. The molecule has 0 saturated carbocycles. The van der Waals surface area contributed by atoms with E-state index in [2.05, 4.69) is 33.2 Å².